The fourth-order valence-corrected chi connectivity index (χ4v) is 10.1. The van der Waals surface area contributed by atoms with E-state index in [0.29, 0.717) is 50.9 Å². The number of hydrazine groups is 1. The van der Waals surface area contributed by atoms with Gasteiger partial charge in [-0.05, 0) is 117 Å². The standard InChI is InChI=1S/C52H67N7O8/c1-10-44(61)56(11-2)29-35-19-22-58(49(35)63)46(31(4)5)48(62)54-42-25-33-23-36(26-37(60)24-33)34-17-18-43-39(27-34)40(47(57(43)12-3)38-15-13-20-53-45(38)32(6)66-9)28-52(7,8)30-67-51(65)41-16-14-21-59(55-41)50(42)64/h10,13,15,17-18,20,23-24,26-27,31-32,35,41-42,46,55,60H,1,11-12,14,16,19,21-22,25,28-30H2,2-9H3,(H,54,62)/t32?,35?,41-,42?,46?/m0/s1. The molecule has 0 aliphatic carbocycles. The van der Waals surface area contributed by atoms with Gasteiger partial charge in [-0.2, -0.15) is 0 Å². The largest absolute Gasteiger partial charge is 0.508 e. The fourth-order valence-electron chi connectivity index (χ4n) is 10.1. The molecule has 5 heterocycles. The van der Waals surface area contributed by atoms with Crippen molar-refractivity contribution in [1.29, 1.82) is 0 Å². The van der Waals surface area contributed by atoms with Crippen LogP contribution in [0.4, 0.5) is 0 Å². The van der Waals surface area contributed by atoms with Crippen LogP contribution in [0.2, 0.25) is 0 Å². The number of nitrogens with zero attached hydrogens (tertiary/aromatic N) is 5. The Morgan fingerprint density at radius 3 is 2.54 bits per heavy atom. The summed E-state index contributed by atoms with van der Waals surface area (Å²) >= 11 is 0. The second-order valence-corrected chi connectivity index (χ2v) is 19.3. The third-order valence-corrected chi connectivity index (χ3v) is 13.6. The topological polar surface area (TPSA) is 176 Å². The number of likely N-dealkylation sites (N-methyl/N-ethyl adjacent to an activating group) is 1. The highest BCUT2D eigenvalue weighted by atomic mass is 16.5. The fraction of sp³-hybridized carbons (Fsp3) is 0.500. The monoisotopic (exact) mass is 918 g/mol. The number of pyridine rings is 1. The van der Waals surface area contributed by atoms with Crippen molar-refractivity contribution >= 4 is 40.5 Å². The van der Waals surface area contributed by atoms with Crippen molar-refractivity contribution in [3.05, 3.63) is 84.2 Å². The first-order chi connectivity index (χ1) is 32.0. The highest BCUT2D eigenvalue weighted by Crippen LogP contribution is 2.42. The van der Waals surface area contributed by atoms with Crippen molar-refractivity contribution in [2.45, 2.75) is 111 Å². The van der Waals surface area contributed by atoms with Gasteiger partial charge in [-0.15, -0.1) is 0 Å². The molecule has 5 atom stereocenters. The van der Waals surface area contributed by atoms with Gasteiger partial charge >= 0.3 is 5.97 Å². The molecule has 0 saturated carbocycles. The number of amides is 4. The molecule has 0 radical (unpaired) electrons. The second kappa shape index (κ2) is 20.4. The summed E-state index contributed by atoms with van der Waals surface area (Å²) in [5, 5.41) is 16.8. The third kappa shape index (κ3) is 10.3. The number of aryl methyl sites for hydroxylation is 1. The number of benzene rings is 2. The lowest BCUT2D eigenvalue weighted by atomic mass is 9.84. The van der Waals surface area contributed by atoms with Gasteiger partial charge in [0.2, 0.25) is 17.7 Å². The maximum Gasteiger partial charge on any atom is 0.324 e. The van der Waals surface area contributed by atoms with E-state index in [-0.39, 0.29) is 55.7 Å². The molecule has 4 aromatic rings. The summed E-state index contributed by atoms with van der Waals surface area (Å²) in [7, 11) is 1.67. The number of nitrogens with one attached hydrogen (secondary N) is 2. The predicted octanol–water partition coefficient (Wildman–Crippen LogP) is 6.36. The zero-order chi connectivity index (χ0) is 48.3. The molecular formula is C52H67N7O8. The Bertz CT molecular complexity index is 2530. The number of phenols is 1. The number of phenolic OH excluding ortho intramolecular Hbond substituents is 1. The summed E-state index contributed by atoms with van der Waals surface area (Å²) in [5.41, 5.74) is 9.55. The van der Waals surface area contributed by atoms with Gasteiger partial charge in [-0.3, -0.25) is 34.0 Å². The van der Waals surface area contributed by atoms with Crippen LogP contribution in [0.25, 0.3) is 33.3 Å². The number of carbonyl (C=O) groups is 5. The molecule has 358 valence electrons. The number of esters is 1. The zero-order valence-corrected chi connectivity index (χ0v) is 40.3. The molecule has 4 unspecified atom stereocenters. The molecule has 2 aromatic heterocycles. The number of aromatic hydroxyl groups is 1. The van der Waals surface area contributed by atoms with E-state index in [2.05, 4.69) is 60.9 Å². The van der Waals surface area contributed by atoms with Crippen LogP contribution in [0.1, 0.15) is 90.7 Å². The molecule has 3 N–H and O–H groups in total. The molecule has 3 aliphatic rings. The van der Waals surface area contributed by atoms with E-state index in [1.807, 2.05) is 45.9 Å². The van der Waals surface area contributed by atoms with Gasteiger partial charge in [0.25, 0.3) is 5.91 Å². The number of cyclic esters (lactones) is 1. The van der Waals surface area contributed by atoms with Gasteiger partial charge < -0.3 is 34.3 Å². The molecule has 2 fully saturated rings. The molecule has 3 aliphatic heterocycles. The summed E-state index contributed by atoms with van der Waals surface area (Å²) in [6.45, 7) is 19.4. The minimum atomic E-state index is -1.16. The number of rotatable bonds is 12. The molecule has 0 spiro atoms. The summed E-state index contributed by atoms with van der Waals surface area (Å²) in [6.07, 6.45) is 4.67. The summed E-state index contributed by atoms with van der Waals surface area (Å²) in [6, 6.07) is 12.6. The van der Waals surface area contributed by atoms with E-state index in [9.17, 15) is 29.1 Å². The Morgan fingerprint density at radius 2 is 1.84 bits per heavy atom. The van der Waals surface area contributed by atoms with E-state index in [4.69, 9.17) is 14.5 Å². The lowest BCUT2D eigenvalue weighted by molar-refractivity contribution is -0.155. The van der Waals surface area contributed by atoms with Crippen LogP contribution < -0.4 is 10.7 Å². The van der Waals surface area contributed by atoms with Crippen LogP contribution >= 0.6 is 0 Å². The van der Waals surface area contributed by atoms with E-state index in [0.717, 1.165) is 44.5 Å². The highest BCUT2D eigenvalue weighted by Gasteiger charge is 2.43. The highest BCUT2D eigenvalue weighted by molar-refractivity contribution is 5.96. The zero-order valence-electron chi connectivity index (χ0n) is 40.3. The molecule has 4 amide bonds. The number of carbonyl (C=O) groups excluding carboxylic acids is 5. The van der Waals surface area contributed by atoms with Gasteiger partial charge in [-0.25, -0.2) is 5.43 Å². The van der Waals surface area contributed by atoms with Crippen molar-refractivity contribution in [3.63, 3.8) is 0 Å². The number of aromatic nitrogens is 2. The number of hydrogen-bond donors (Lipinski definition) is 3. The second-order valence-electron chi connectivity index (χ2n) is 19.3. The number of methoxy groups -OCH3 is 1. The summed E-state index contributed by atoms with van der Waals surface area (Å²) in [5.74, 6) is -2.77. The number of fused-ring (bicyclic) bond motifs is 6. The lowest BCUT2D eigenvalue weighted by Crippen LogP contribution is -2.62. The van der Waals surface area contributed by atoms with Gasteiger partial charge in [0.05, 0.1) is 30.0 Å². The van der Waals surface area contributed by atoms with Crippen molar-refractivity contribution in [1.82, 2.24) is 35.1 Å². The Morgan fingerprint density at radius 1 is 1.06 bits per heavy atom. The average Bonchev–Trinajstić information content (AvgIpc) is 3.82. The maximum atomic E-state index is 14.8. The molecule has 67 heavy (non-hydrogen) atoms. The minimum absolute atomic E-state index is 0.00467. The molecule has 2 saturated heterocycles. The molecule has 15 heteroatoms. The minimum Gasteiger partial charge on any atom is -0.508 e. The lowest BCUT2D eigenvalue weighted by Gasteiger charge is -2.37. The van der Waals surface area contributed by atoms with Gasteiger partial charge in [0, 0.05) is 74.3 Å². The first kappa shape index (κ1) is 48.9. The SMILES string of the molecule is C=CC(=O)N(CC)CC1CCN(C(C(=O)NC2Cc3cc(O)cc(c3)-c3ccc4c(c3)c(c(-c3cccnc3C(C)OC)n4CC)CC(C)(C)COC(=O)[C@@H]3CCCN(N3)C2=O)C(C)C)C1=O. The van der Waals surface area contributed by atoms with Gasteiger partial charge in [0.15, 0.2) is 0 Å². The van der Waals surface area contributed by atoms with Gasteiger partial charge in [0.1, 0.15) is 23.9 Å². The van der Waals surface area contributed by atoms with Crippen LogP contribution in [-0.4, -0.2) is 117 Å². The third-order valence-electron chi connectivity index (χ3n) is 13.6. The normalized spacial score (nSPS) is 20.9. The first-order valence-corrected chi connectivity index (χ1v) is 23.7. The Kier molecular flexibility index (Phi) is 14.9. The van der Waals surface area contributed by atoms with Crippen molar-refractivity contribution in [3.8, 4) is 28.1 Å². The Balaban J connectivity index is 1.31. The molecule has 15 nitrogen and oxygen atoms in total. The van der Waals surface area contributed by atoms with E-state index >= 15 is 0 Å². The summed E-state index contributed by atoms with van der Waals surface area (Å²) in [4.78, 5) is 77.7. The van der Waals surface area contributed by atoms with Crippen LogP contribution in [0.5, 0.6) is 5.75 Å². The molecule has 7 rings (SSSR count). The van der Waals surface area contributed by atoms with Crippen molar-refractivity contribution in [2.75, 3.05) is 39.9 Å². The predicted molar refractivity (Wildman–Crippen MR) is 256 cm³/mol. The molecule has 6 bridgehead atoms. The van der Waals surface area contributed by atoms with Gasteiger partial charge in [-0.1, -0.05) is 46.4 Å². The number of ether oxygens (including phenoxy) is 2. The molecule has 2 aromatic carbocycles. The first-order valence-electron chi connectivity index (χ1n) is 23.7. The smallest absolute Gasteiger partial charge is 0.324 e. The number of likely N-dealkylation sites (tertiary alicyclic amines) is 1. The molecular weight excluding hydrogens is 851 g/mol. The Hall–Kier alpha value is -6.06. The van der Waals surface area contributed by atoms with E-state index < -0.39 is 47.2 Å². The van der Waals surface area contributed by atoms with Crippen LogP contribution in [-0.2, 0) is 52.8 Å². The van der Waals surface area contributed by atoms with Crippen molar-refractivity contribution < 1.29 is 38.6 Å². The van der Waals surface area contributed by atoms with Crippen LogP contribution in [0.15, 0.2) is 67.4 Å². The average molecular weight is 918 g/mol. The summed E-state index contributed by atoms with van der Waals surface area (Å²) < 4.78 is 14.2. The van der Waals surface area contributed by atoms with Crippen LogP contribution in [0, 0.1) is 17.3 Å². The van der Waals surface area contributed by atoms with E-state index in [1.54, 1.807) is 35.2 Å². The Labute approximate surface area is 393 Å². The maximum absolute atomic E-state index is 14.8. The quantitative estimate of drug-likeness (QED) is 0.107. The van der Waals surface area contributed by atoms with Crippen molar-refractivity contribution in [2.24, 2.45) is 17.3 Å². The van der Waals surface area contributed by atoms with Crippen LogP contribution in [0.3, 0.4) is 0 Å². The number of hydrogen-bond acceptors (Lipinski definition) is 10. The van der Waals surface area contributed by atoms with E-state index in [1.165, 1.54) is 11.1 Å².